The minimum atomic E-state index is -4.89. The molecule has 0 bridgehead atoms. The van der Waals surface area contributed by atoms with Crippen molar-refractivity contribution in [2.45, 2.75) is 33.1 Å². The second kappa shape index (κ2) is 6.15. The van der Waals surface area contributed by atoms with E-state index in [1.54, 1.807) is 6.92 Å². The monoisotopic (exact) mass is 264 g/mol. The smallest absolute Gasteiger partial charge is 0.364 e. The van der Waals surface area contributed by atoms with E-state index < -0.39 is 13.5 Å². The topological polar surface area (TPSA) is 77.8 Å². The van der Waals surface area contributed by atoms with Crippen molar-refractivity contribution < 1.29 is 23.8 Å². The molecular formula is C11H18FO4P. The molecule has 1 atom stereocenters. The number of aliphatic hydroxyl groups is 1. The summed E-state index contributed by atoms with van der Waals surface area (Å²) in [6, 6.07) is 0. The molecule has 17 heavy (non-hydrogen) atoms. The Morgan fingerprint density at radius 2 is 1.94 bits per heavy atom. The highest BCUT2D eigenvalue weighted by atomic mass is 31.2. The molecular weight excluding hydrogens is 246 g/mol. The fourth-order valence-corrected chi connectivity index (χ4v) is 1.90. The molecule has 0 aromatic carbocycles. The van der Waals surface area contributed by atoms with E-state index in [9.17, 15) is 14.1 Å². The fraction of sp³-hybridized carbons (Fsp3) is 0.455. The lowest BCUT2D eigenvalue weighted by Crippen LogP contribution is -2.07. The van der Waals surface area contributed by atoms with Gasteiger partial charge in [-0.05, 0) is 31.4 Å². The maximum absolute atomic E-state index is 13.5. The fourth-order valence-electron chi connectivity index (χ4n) is 1.23. The van der Waals surface area contributed by atoms with Crippen molar-refractivity contribution in [1.29, 1.82) is 0 Å². The first-order chi connectivity index (χ1) is 7.66. The maximum Gasteiger partial charge on any atom is 0.364 e. The van der Waals surface area contributed by atoms with Crippen molar-refractivity contribution in [3.05, 3.63) is 35.1 Å². The van der Waals surface area contributed by atoms with Gasteiger partial charge in [0.25, 0.3) is 0 Å². The van der Waals surface area contributed by atoms with E-state index >= 15 is 0 Å². The molecule has 0 amide bonds. The molecule has 0 radical (unpaired) electrons. The Bertz CT molecular complexity index is 406. The molecule has 0 aromatic heterocycles. The predicted molar refractivity (Wildman–Crippen MR) is 65.5 cm³/mol. The number of halogens is 1. The van der Waals surface area contributed by atoms with E-state index in [2.05, 4.69) is 6.58 Å². The molecule has 0 aliphatic carbocycles. The van der Waals surface area contributed by atoms with Crippen LogP contribution in [0.4, 0.5) is 4.39 Å². The predicted octanol–water partition coefficient (Wildman–Crippen LogP) is 3.20. The van der Waals surface area contributed by atoms with Crippen LogP contribution in [0.15, 0.2) is 35.1 Å². The SMILES string of the molecule is C=C/C(=C(C)\C(O)=C(\C)CC)C(F)P(=O)(O)O. The van der Waals surface area contributed by atoms with Gasteiger partial charge in [0, 0.05) is 5.57 Å². The third kappa shape index (κ3) is 4.11. The van der Waals surface area contributed by atoms with Crippen molar-refractivity contribution in [3.8, 4) is 0 Å². The minimum Gasteiger partial charge on any atom is -0.508 e. The zero-order valence-corrected chi connectivity index (χ0v) is 11.0. The average Bonchev–Trinajstić information content (AvgIpc) is 2.26. The van der Waals surface area contributed by atoms with Crippen LogP contribution in [0.5, 0.6) is 0 Å². The number of rotatable bonds is 5. The summed E-state index contributed by atoms with van der Waals surface area (Å²) in [5, 5.41) is 9.76. The summed E-state index contributed by atoms with van der Waals surface area (Å²) in [6.45, 7) is 8.17. The Morgan fingerprint density at radius 3 is 2.24 bits per heavy atom. The number of allylic oxidation sites excluding steroid dienone is 4. The van der Waals surface area contributed by atoms with Gasteiger partial charge in [0.2, 0.25) is 5.91 Å². The summed E-state index contributed by atoms with van der Waals surface area (Å²) < 4.78 is 24.4. The van der Waals surface area contributed by atoms with Crippen LogP contribution in [-0.2, 0) is 4.57 Å². The van der Waals surface area contributed by atoms with E-state index in [1.807, 2.05) is 6.92 Å². The van der Waals surface area contributed by atoms with Gasteiger partial charge < -0.3 is 14.9 Å². The Morgan fingerprint density at radius 1 is 1.47 bits per heavy atom. The van der Waals surface area contributed by atoms with E-state index in [0.29, 0.717) is 12.0 Å². The Balaban J connectivity index is 5.67. The molecule has 0 aliphatic rings. The number of hydrogen-bond acceptors (Lipinski definition) is 2. The van der Waals surface area contributed by atoms with E-state index in [-0.39, 0.29) is 16.9 Å². The normalized spacial score (nSPS) is 17.1. The maximum atomic E-state index is 13.5. The van der Waals surface area contributed by atoms with Gasteiger partial charge in [-0.3, -0.25) is 4.57 Å². The molecule has 0 saturated carbocycles. The summed E-state index contributed by atoms with van der Waals surface area (Å²) in [5.41, 5.74) is 0.415. The molecule has 98 valence electrons. The van der Waals surface area contributed by atoms with Crippen molar-refractivity contribution in [1.82, 2.24) is 0 Å². The molecule has 0 spiro atoms. The third-order valence-electron chi connectivity index (χ3n) is 2.49. The second-order valence-electron chi connectivity index (χ2n) is 3.69. The molecule has 1 unspecified atom stereocenters. The lowest BCUT2D eigenvalue weighted by Gasteiger charge is -2.15. The Kier molecular flexibility index (Phi) is 5.82. The van der Waals surface area contributed by atoms with E-state index in [0.717, 1.165) is 6.08 Å². The molecule has 0 fully saturated rings. The molecule has 0 heterocycles. The first kappa shape index (κ1) is 16.1. The quantitative estimate of drug-likeness (QED) is 0.405. The van der Waals surface area contributed by atoms with Crippen molar-refractivity contribution in [2.75, 3.05) is 0 Å². The zero-order chi connectivity index (χ0) is 13.8. The number of aliphatic hydroxyl groups excluding tert-OH is 1. The minimum absolute atomic E-state index is 0.0928. The molecule has 0 saturated heterocycles. The van der Waals surface area contributed by atoms with Crippen LogP contribution in [0.1, 0.15) is 27.2 Å². The summed E-state index contributed by atoms with van der Waals surface area (Å²) in [5.74, 6) is -2.62. The van der Waals surface area contributed by atoms with Gasteiger partial charge in [0.05, 0.1) is 0 Å². The van der Waals surface area contributed by atoms with Crippen LogP contribution >= 0.6 is 7.60 Å². The van der Waals surface area contributed by atoms with Crippen molar-refractivity contribution >= 4 is 7.60 Å². The van der Waals surface area contributed by atoms with Crippen LogP contribution in [0.2, 0.25) is 0 Å². The molecule has 4 nitrogen and oxygen atoms in total. The Labute approximate surface area is 100 Å². The lowest BCUT2D eigenvalue weighted by molar-refractivity contribution is 0.318. The number of hydrogen-bond donors (Lipinski definition) is 3. The summed E-state index contributed by atoms with van der Waals surface area (Å²) >= 11 is 0. The first-order valence-electron chi connectivity index (χ1n) is 5.08. The number of alkyl halides is 1. The van der Waals surface area contributed by atoms with Crippen molar-refractivity contribution in [3.63, 3.8) is 0 Å². The van der Waals surface area contributed by atoms with Gasteiger partial charge in [0.15, 0.2) is 0 Å². The highest BCUT2D eigenvalue weighted by molar-refractivity contribution is 7.52. The molecule has 0 aliphatic heterocycles. The van der Waals surface area contributed by atoms with Crippen LogP contribution in [0.3, 0.4) is 0 Å². The van der Waals surface area contributed by atoms with Gasteiger partial charge in [-0.15, -0.1) is 0 Å². The average molecular weight is 264 g/mol. The summed E-state index contributed by atoms with van der Waals surface area (Å²) in [7, 11) is -4.89. The largest absolute Gasteiger partial charge is 0.508 e. The van der Waals surface area contributed by atoms with Gasteiger partial charge in [-0.25, -0.2) is 4.39 Å². The lowest BCUT2D eigenvalue weighted by atomic mass is 10.0. The highest BCUT2D eigenvalue weighted by Gasteiger charge is 2.32. The van der Waals surface area contributed by atoms with Crippen LogP contribution < -0.4 is 0 Å². The Hall–Kier alpha value is -0.900. The highest BCUT2D eigenvalue weighted by Crippen LogP contribution is 2.47. The zero-order valence-electron chi connectivity index (χ0n) is 10.1. The van der Waals surface area contributed by atoms with Crippen LogP contribution in [0, 0.1) is 0 Å². The van der Waals surface area contributed by atoms with Gasteiger partial charge in [-0.1, -0.05) is 19.6 Å². The first-order valence-corrected chi connectivity index (χ1v) is 6.76. The molecule has 6 heteroatoms. The third-order valence-corrected chi connectivity index (χ3v) is 3.36. The van der Waals surface area contributed by atoms with E-state index in [1.165, 1.54) is 6.92 Å². The van der Waals surface area contributed by atoms with Crippen LogP contribution in [-0.4, -0.2) is 20.8 Å². The molecule has 3 N–H and O–H groups in total. The standard InChI is InChI=1S/C11H18FO4P/c1-5-7(3)10(13)8(4)9(6-2)11(12)17(14,15)16/h6,11,13H,2,5H2,1,3-4H3,(H2,14,15,16)/b9-8+,10-7+. The van der Waals surface area contributed by atoms with Crippen LogP contribution in [0.25, 0.3) is 0 Å². The van der Waals surface area contributed by atoms with Gasteiger partial charge >= 0.3 is 7.60 Å². The molecule has 0 aromatic rings. The van der Waals surface area contributed by atoms with Gasteiger partial charge in [-0.2, -0.15) is 0 Å². The van der Waals surface area contributed by atoms with Gasteiger partial charge in [0.1, 0.15) is 5.76 Å². The molecule has 0 rings (SSSR count). The van der Waals surface area contributed by atoms with E-state index in [4.69, 9.17) is 9.79 Å². The second-order valence-corrected chi connectivity index (χ2v) is 5.32. The summed E-state index contributed by atoms with van der Waals surface area (Å²) in [4.78, 5) is 17.5. The summed E-state index contributed by atoms with van der Waals surface area (Å²) in [6.07, 6.45) is 1.57. The van der Waals surface area contributed by atoms with Crippen molar-refractivity contribution in [2.24, 2.45) is 0 Å².